The minimum absolute atomic E-state index is 0.114. The molecule has 2 aliphatic heterocycles. The Kier molecular flexibility index (Phi) is 5.49. The van der Waals surface area contributed by atoms with Crippen LogP contribution >= 0.6 is 0 Å². The van der Waals surface area contributed by atoms with Crippen molar-refractivity contribution < 1.29 is 8.42 Å². The second kappa shape index (κ2) is 6.75. The van der Waals surface area contributed by atoms with E-state index in [2.05, 4.69) is 31.0 Å². The Morgan fingerprint density at radius 3 is 2.60 bits per heavy atom. The molecule has 0 radical (unpaired) electrons. The number of hydrogen-bond acceptors (Lipinski definition) is 4. The number of likely N-dealkylation sites (tertiary alicyclic amines) is 1. The third-order valence-electron chi connectivity index (χ3n) is 5.26. The Labute approximate surface area is 124 Å². The first-order chi connectivity index (χ1) is 9.45. The van der Waals surface area contributed by atoms with Crippen molar-refractivity contribution in [1.82, 2.24) is 10.2 Å². The molecule has 0 aliphatic carbocycles. The molecule has 4 atom stereocenters. The predicted molar refractivity (Wildman–Crippen MR) is 83.7 cm³/mol. The van der Waals surface area contributed by atoms with E-state index in [0.717, 1.165) is 38.9 Å². The van der Waals surface area contributed by atoms with Crippen LogP contribution in [-0.4, -0.2) is 56.0 Å². The molecule has 4 unspecified atom stereocenters. The quantitative estimate of drug-likeness (QED) is 0.839. The third kappa shape index (κ3) is 3.55. The molecule has 4 nitrogen and oxygen atoms in total. The Morgan fingerprint density at radius 2 is 2.00 bits per heavy atom. The van der Waals surface area contributed by atoms with Crippen molar-refractivity contribution in [2.24, 2.45) is 5.92 Å². The van der Waals surface area contributed by atoms with E-state index >= 15 is 0 Å². The van der Waals surface area contributed by atoms with E-state index in [4.69, 9.17) is 0 Å². The van der Waals surface area contributed by atoms with Gasteiger partial charge < -0.3 is 5.32 Å². The van der Waals surface area contributed by atoms with Gasteiger partial charge in [-0.15, -0.1) is 0 Å². The van der Waals surface area contributed by atoms with Gasteiger partial charge >= 0.3 is 0 Å². The number of nitrogens with zero attached hydrogens (tertiary/aromatic N) is 1. The molecule has 2 heterocycles. The van der Waals surface area contributed by atoms with Crippen LogP contribution in [0.25, 0.3) is 0 Å². The van der Waals surface area contributed by atoms with Gasteiger partial charge in [0, 0.05) is 18.6 Å². The maximum Gasteiger partial charge on any atom is 0.154 e. The summed E-state index contributed by atoms with van der Waals surface area (Å²) >= 11 is 0. The van der Waals surface area contributed by atoms with E-state index in [-0.39, 0.29) is 5.25 Å². The van der Waals surface area contributed by atoms with Gasteiger partial charge in [0.05, 0.1) is 11.0 Å². The summed E-state index contributed by atoms with van der Waals surface area (Å²) in [6.45, 7) is 9.60. The minimum atomic E-state index is -2.81. The van der Waals surface area contributed by atoms with Gasteiger partial charge in [0.2, 0.25) is 0 Å². The van der Waals surface area contributed by atoms with Gasteiger partial charge in [-0.05, 0) is 51.6 Å². The minimum Gasteiger partial charge on any atom is -0.314 e. The van der Waals surface area contributed by atoms with E-state index in [0.29, 0.717) is 23.8 Å². The van der Waals surface area contributed by atoms with E-state index in [1.807, 2.05) is 0 Å². The maximum atomic E-state index is 12.0. The van der Waals surface area contributed by atoms with Crippen molar-refractivity contribution >= 4 is 9.84 Å². The summed E-state index contributed by atoms with van der Waals surface area (Å²) in [6.07, 6.45) is 4.02. The Morgan fingerprint density at radius 1 is 1.25 bits per heavy atom. The molecule has 2 saturated heterocycles. The highest BCUT2D eigenvalue weighted by molar-refractivity contribution is 7.92. The molecule has 20 heavy (non-hydrogen) atoms. The fraction of sp³-hybridized carbons (Fsp3) is 1.00. The van der Waals surface area contributed by atoms with Crippen LogP contribution in [0.5, 0.6) is 0 Å². The van der Waals surface area contributed by atoms with E-state index in [1.54, 1.807) is 0 Å². The molecule has 0 bridgehead atoms. The van der Waals surface area contributed by atoms with E-state index < -0.39 is 9.84 Å². The van der Waals surface area contributed by atoms with Crippen LogP contribution in [0.2, 0.25) is 0 Å². The molecule has 2 rings (SSSR count). The first-order valence-electron chi connectivity index (χ1n) is 8.14. The highest BCUT2D eigenvalue weighted by Gasteiger charge is 2.37. The summed E-state index contributed by atoms with van der Waals surface area (Å²) in [5.74, 6) is 0.982. The summed E-state index contributed by atoms with van der Waals surface area (Å²) in [4.78, 5) is 2.41. The van der Waals surface area contributed by atoms with Gasteiger partial charge in [-0.25, -0.2) is 8.42 Å². The molecule has 5 heteroatoms. The first kappa shape index (κ1) is 16.2. The fourth-order valence-electron chi connectivity index (χ4n) is 3.64. The van der Waals surface area contributed by atoms with Crippen molar-refractivity contribution in [2.45, 2.75) is 63.8 Å². The van der Waals surface area contributed by atoms with Crippen LogP contribution in [0, 0.1) is 5.92 Å². The van der Waals surface area contributed by atoms with Gasteiger partial charge in [-0.2, -0.15) is 0 Å². The second-order valence-corrected chi connectivity index (χ2v) is 8.98. The van der Waals surface area contributed by atoms with Crippen LogP contribution in [0.3, 0.4) is 0 Å². The summed E-state index contributed by atoms with van der Waals surface area (Å²) < 4.78 is 24.0. The van der Waals surface area contributed by atoms with Crippen molar-refractivity contribution in [2.75, 3.05) is 25.4 Å². The smallest absolute Gasteiger partial charge is 0.154 e. The lowest BCUT2D eigenvalue weighted by Gasteiger charge is -2.43. The van der Waals surface area contributed by atoms with Crippen molar-refractivity contribution in [3.8, 4) is 0 Å². The molecule has 0 aromatic rings. The summed E-state index contributed by atoms with van der Waals surface area (Å²) in [7, 11) is -2.81. The lowest BCUT2D eigenvalue weighted by molar-refractivity contribution is 0.0847. The van der Waals surface area contributed by atoms with Gasteiger partial charge in [-0.1, -0.05) is 13.8 Å². The number of rotatable bonds is 5. The van der Waals surface area contributed by atoms with Gasteiger partial charge in [-0.3, -0.25) is 4.90 Å². The van der Waals surface area contributed by atoms with Gasteiger partial charge in [0.15, 0.2) is 9.84 Å². The number of sulfone groups is 1. The lowest BCUT2D eigenvalue weighted by Crippen LogP contribution is -2.55. The first-order valence-corrected chi connectivity index (χ1v) is 9.86. The normalized spacial score (nSPS) is 38.1. The topological polar surface area (TPSA) is 49.4 Å². The molecule has 2 fully saturated rings. The third-order valence-corrected chi connectivity index (χ3v) is 7.51. The van der Waals surface area contributed by atoms with Crippen LogP contribution < -0.4 is 5.32 Å². The molecule has 0 amide bonds. The zero-order valence-corrected chi connectivity index (χ0v) is 14.0. The molecule has 1 N–H and O–H groups in total. The standard InChI is InChI=1S/C15H30N2O2S/c1-4-8-16-15-7-9-17(13(3)12(15)2)11-14-6-5-10-20(14,18)19/h12-16H,4-11H2,1-3H3. The van der Waals surface area contributed by atoms with Gasteiger partial charge in [0.1, 0.15) is 0 Å². The van der Waals surface area contributed by atoms with Crippen LogP contribution in [0.15, 0.2) is 0 Å². The maximum absolute atomic E-state index is 12.0. The second-order valence-electron chi connectivity index (χ2n) is 6.58. The Balaban J connectivity index is 1.92. The predicted octanol–water partition coefficient (Wildman–Crippen LogP) is 1.66. The molecular formula is C15H30N2O2S. The largest absolute Gasteiger partial charge is 0.314 e. The molecule has 118 valence electrons. The van der Waals surface area contributed by atoms with Crippen LogP contribution in [0.4, 0.5) is 0 Å². The SMILES string of the molecule is CCCNC1CCN(CC2CCCS2(=O)=O)C(C)C1C. The van der Waals surface area contributed by atoms with Crippen molar-refractivity contribution in [1.29, 1.82) is 0 Å². The molecule has 2 aliphatic rings. The number of nitrogens with one attached hydrogen (secondary N) is 1. The lowest BCUT2D eigenvalue weighted by atomic mass is 9.86. The molecule has 0 spiro atoms. The molecular weight excluding hydrogens is 272 g/mol. The zero-order valence-electron chi connectivity index (χ0n) is 13.1. The van der Waals surface area contributed by atoms with Crippen LogP contribution in [-0.2, 0) is 9.84 Å². The highest BCUT2D eigenvalue weighted by atomic mass is 32.2. The highest BCUT2D eigenvalue weighted by Crippen LogP contribution is 2.27. The summed E-state index contributed by atoms with van der Waals surface area (Å²) in [5, 5.41) is 3.52. The molecule has 0 aromatic heterocycles. The summed E-state index contributed by atoms with van der Waals surface area (Å²) in [5.41, 5.74) is 0. The summed E-state index contributed by atoms with van der Waals surface area (Å²) in [6, 6.07) is 1.05. The molecule has 0 saturated carbocycles. The zero-order chi connectivity index (χ0) is 14.8. The van der Waals surface area contributed by atoms with E-state index in [9.17, 15) is 8.42 Å². The Bertz CT molecular complexity index is 410. The van der Waals surface area contributed by atoms with Crippen molar-refractivity contribution in [3.63, 3.8) is 0 Å². The number of piperidine rings is 1. The van der Waals surface area contributed by atoms with Crippen LogP contribution in [0.1, 0.15) is 46.5 Å². The Hall–Kier alpha value is -0.130. The van der Waals surface area contributed by atoms with E-state index in [1.165, 1.54) is 6.42 Å². The van der Waals surface area contributed by atoms with Gasteiger partial charge in [0.25, 0.3) is 0 Å². The average Bonchev–Trinajstić information content (AvgIpc) is 2.73. The number of hydrogen-bond donors (Lipinski definition) is 1. The average molecular weight is 302 g/mol. The van der Waals surface area contributed by atoms with Crippen molar-refractivity contribution in [3.05, 3.63) is 0 Å². The monoisotopic (exact) mass is 302 g/mol. The molecule has 0 aromatic carbocycles. The fourth-order valence-corrected chi connectivity index (χ4v) is 5.49.